The van der Waals surface area contributed by atoms with Gasteiger partial charge in [0.1, 0.15) is 11.5 Å². The van der Waals surface area contributed by atoms with Crippen molar-refractivity contribution in [2.24, 2.45) is 0 Å². The Balaban J connectivity index is 2.26. The van der Waals surface area contributed by atoms with Gasteiger partial charge in [0.25, 0.3) is 5.91 Å². The number of amides is 1. The van der Waals surface area contributed by atoms with Gasteiger partial charge in [0.15, 0.2) is 0 Å². The van der Waals surface area contributed by atoms with Gasteiger partial charge in [-0.1, -0.05) is 29.3 Å². The Hall–Kier alpha value is -1.91. The zero-order valence-electron chi connectivity index (χ0n) is 13.0. The maximum Gasteiger partial charge on any atom is 0.253 e. The normalized spacial score (nSPS) is 11.7. The van der Waals surface area contributed by atoms with E-state index in [0.717, 1.165) is 5.56 Å². The van der Waals surface area contributed by atoms with Crippen LogP contribution in [0.25, 0.3) is 0 Å². The van der Waals surface area contributed by atoms with Gasteiger partial charge < -0.3 is 14.8 Å². The third-order valence-electron chi connectivity index (χ3n) is 3.45. The highest BCUT2D eigenvalue weighted by atomic mass is 35.5. The number of ether oxygens (including phenoxy) is 2. The van der Waals surface area contributed by atoms with Crippen molar-refractivity contribution in [1.82, 2.24) is 5.32 Å². The van der Waals surface area contributed by atoms with Crippen LogP contribution in [0.4, 0.5) is 0 Å². The van der Waals surface area contributed by atoms with Crippen molar-refractivity contribution >= 4 is 29.1 Å². The molecule has 0 bridgehead atoms. The van der Waals surface area contributed by atoms with Crippen LogP contribution in [0.1, 0.15) is 28.9 Å². The lowest BCUT2D eigenvalue weighted by molar-refractivity contribution is 0.0939. The molecule has 1 N–H and O–H groups in total. The molecule has 23 heavy (non-hydrogen) atoms. The summed E-state index contributed by atoms with van der Waals surface area (Å²) in [5.74, 6) is 1.04. The van der Waals surface area contributed by atoms with Gasteiger partial charge in [0.05, 0.1) is 35.9 Å². The molecule has 0 fully saturated rings. The monoisotopic (exact) mass is 353 g/mol. The van der Waals surface area contributed by atoms with E-state index in [1.165, 1.54) is 0 Å². The molecular weight excluding hydrogens is 337 g/mol. The molecule has 122 valence electrons. The quantitative estimate of drug-likeness (QED) is 0.860. The van der Waals surface area contributed by atoms with E-state index in [4.69, 9.17) is 32.7 Å². The van der Waals surface area contributed by atoms with Crippen molar-refractivity contribution < 1.29 is 14.3 Å². The van der Waals surface area contributed by atoms with Crippen LogP contribution in [0.2, 0.25) is 10.0 Å². The number of hydrogen-bond acceptors (Lipinski definition) is 3. The second-order valence-electron chi connectivity index (χ2n) is 4.90. The molecule has 2 aromatic rings. The second kappa shape index (κ2) is 7.57. The molecule has 0 heterocycles. The van der Waals surface area contributed by atoms with Gasteiger partial charge >= 0.3 is 0 Å². The lowest BCUT2D eigenvalue weighted by atomic mass is 10.1. The Morgan fingerprint density at radius 1 is 1.13 bits per heavy atom. The van der Waals surface area contributed by atoms with Gasteiger partial charge in [-0.25, -0.2) is 0 Å². The van der Waals surface area contributed by atoms with Crippen molar-refractivity contribution in [1.29, 1.82) is 0 Å². The molecule has 4 nitrogen and oxygen atoms in total. The third-order valence-corrected chi connectivity index (χ3v) is 4.27. The zero-order valence-corrected chi connectivity index (χ0v) is 14.5. The van der Waals surface area contributed by atoms with E-state index in [2.05, 4.69) is 5.32 Å². The Bertz CT molecular complexity index is 719. The van der Waals surface area contributed by atoms with Crippen LogP contribution in [-0.4, -0.2) is 20.1 Å². The van der Waals surface area contributed by atoms with Crippen LogP contribution in [0, 0.1) is 0 Å². The highest BCUT2D eigenvalue weighted by molar-refractivity contribution is 6.43. The molecule has 0 aromatic heterocycles. The smallest absolute Gasteiger partial charge is 0.253 e. The van der Waals surface area contributed by atoms with Crippen LogP contribution in [0.5, 0.6) is 11.5 Å². The van der Waals surface area contributed by atoms with Crippen molar-refractivity contribution in [3.63, 3.8) is 0 Å². The summed E-state index contributed by atoms with van der Waals surface area (Å²) in [6.45, 7) is 1.85. The average Bonchev–Trinajstić information content (AvgIpc) is 2.56. The first-order valence-corrected chi connectivity index (χ1v) is 7.70. The van der Waals surface area contributed by atoms with Crippen LogP contribution < -0.4 is 14.8 Å². The molecule has 1 unspecified atom stereocenters. The van der Waals surface area contributed by atoms with E-state index in [0.29, 0.717) is 22.1 Å². The molecule has 0 aliphatic rings. The van der Waals surface area contributed by atoms with E-state index >= 15 is 0 Å². The maximum absolute atomic E-state index is 12.4. The molecule has 0 radical (unpaired) electrons. The van der Waals surface area contributed by atoms with E-state index in [1.54, 1.807) is 44.6 Å². The van der Waals surface area contributed by atoms with Gasteiger partial charge in [0, 0.05) is 5.56 Å². The lowest BCUT2D eigenvalue weighted by Crippen LogP contribution is -2.27. The summed E-state index contributed by atoms with van der Waals surface area (Å²) < 4.78 is 10.6. The minimum absolute atomic E-state index is 0.233. The molecule has 1 atom stereocenters. The Morgan fingerprint density at radius 2 is 1.87 bits per heavy atom. The Kier molecular flexibility index (Phi) is 5.74. The SMILES string of the molecule is COc1ccc(OC)c(C(C)NC(=O)c2cccc(Cl)c2Cl)c1. The molecule has 1 amide bonds. The largest absolute Gasteiger partial charge is 0.497 e. The van der Waals surface area contributed by atoms with Gasteiger partial charge in [-0.05, 0) is 37.3 Å². The molecule has 6 heteroatoms. The Labute approximate surface area is 145 Å². The standard InChI is InChI=1S/C17H17Cl2NO3/c1-10(13-9-11(22-2)7-8-15(13)23-3)20-17(21)12-5-4-6-14(18)16(12)19/h4-10H,1-3H3,(H,20,21). The van der Waals surface area contributed by atoms with Gasteiger partial charge in [-0.2, -0.15) is 0 Å². The molecular formula is C17H17Cl2NO3. The number of hydrogen-bond donors (Lipinski definition) is 1. The first kappa shape index (κ1) is 17.4. The third kappa shape index (κ3) is 3.89. The van der Waals surface area contributed by atoms with Crippen molar-refractivity contribution in [3.8, 4) is 11.5 Å². The summed E-state index contributed by atoms with van der Waals surface area (Å²) in [5.41, 5.74) is 1.13. The Morgan fingerprint density at radius 3 is 2.52 bits per heavy atom. The molecule has 0 aliphatic carbocycles. The number of halogens is 2. The maximum atomic E-state index is 12.4. The highest BCUT2D eigenvalue weighted by Gasteiger charge is 2.18. The number of carbonyl (C=O) groups is 1. The van der Waals surface area contributed by atoms with Crippen molar-refractivity contribution in [2.75, 3.05) is 14.2 Å². The summed E-state index contributed by atoms with van der Waals surface area (Å²) in [4.78, 5) is 12.4. The minimum Gasteiger partial charge on any atom is -0.497 e. The summed E-state index contributed by atoms with van der Waals surface area (Å²) in [7, 11) is 3.16. The number of rotatable bonds is 5. The van der Waals surface area contributed by atoms with Gasteiger partial charge in [0.2, 0.25) is 0 Å². The highest BCUT2D eigenvalue weighted by Crippen LogP contribution is 2.30. The summed E-state index contributed by atoms with van der Waals surface area (Å²) >= 11 is 12.0. The fourth-order valence-electron chi connectivity index (χ4n) is 2.21. The van der Waals surface area contributed by atoms with E-state index in [9.17, 15) is 4.79 Å². The zero-order chi connectivity index (χ0) is 17.0. The van der Waals surface area contributed by atoms with Crippen LogP contribution in [-0.2, 0) is 0 Å². The predicted molar refractivity (Wildman–Crippen MR) is 91.9 cm³/mol. The number of methoxy groups -OCH3 is 2. The molecule has 2 rings (SSSR count). The number of benzene rings is 2. The molecule has 0 saturated heterocycles. The molecule has 0 aliphatic heterocycles. The van der Waals surface area contributed by atoms with Crippen molar-refractivity contribution in [2.45, 2.75) is 13.0 Å². The van der Waals surface area contributed by atoms with Gasteiger partial charge in [-0.15, -0.1) is 0 Å². The number of nitrogens with one attached hydrogen (secondary N) is 1. The van der Waals surface area contributed by atoms with E-state index < -0.39 is 0 Å². The molecule has 2 aromatic carbocycles. The van der Waals surface area contributed by atoms with Crippen LogP contribution in [0.15, 0.2) is 36.4 Å². The predicted octanol–water partition coefficient (Wildman–Crippen LogP) is 4.50. The average molecular weight is 354 g/mol. The lowest BCUT2D eigenvalue weighted by Gasteiger charge is -2.18. The minimum atomic E-state index is -0.310. The first-order chi connectivity index (χ1) is 11.0. The van der Waals surface area contributed by atoms with E-state index in [1.807, 2.05) is 13.0 Å². The number of carbonyl (C=O) groups excluding carboxylic acids is 1. The van der Waals surface area contributed by atoms with Crippen LogP contribution in [0.3, 0.4) is 0 Å². The van der Waals surface area contributed by atoms with Crippen LogP contribution >= 0.6 is 23.2 Å². The fraction of sp³-hybridized carbons (Fsp3) is 0.235. The van der Waals surface area contributed by atoms with E-state index in [-0.39, 0.29) is 17.0 Å². The summed E-state index contributed by atoms with van der Waals surface area (Å²) in [5, 5.41) is 3.46. The molecule has 0 spiro atoms. The van der Waals surface area contributed by atoms with Gasteiger partial charge in [-0.3, -0.25) is 4.79 Å². The fourth-order valence-corrected chi connectivity index (χ4v) is 2.60. The molecule has 0 saturated carbocycles. The summed E-state index contributed by atoms with van der Waals surface area (Å²) in [6, 6.07) is 10.0. The van der Waals surface area contributed by atoms with Crippen molar-refractivity contribution in [3.05, 3.63) is 57.6 Å². The summed E-state index contributed by atoms with van der Waals surface area (Å²) in [6.07, 6.45) is 0. The topological polar surface area (TPSA) is 47.6 Å². The second-order valence-corrected chi connectivity index (χ2v) is 5.69. The first-order valence-electron chi connectivity index (χ1n) is 6.94.